The zero-order valence-corrected chi connectivity index (χ0v) is 5.86. The smallest absolute Gasteiger partial charge is 0.130 e. The second kappa shape index (κ2) is 2.96. The Morgan fingerprint density at radius 1 is 1.80 bits per heavy atom. The molecule has 0 aromatic carbocycles. The van der Waals surface area contributed by atoms with Crippen LogP contribution < -0.4 is 0 Å². The summed E-state index contributed by atoms with van der Waals surface area (Å²) in [4.78, 5) is 9.53. The van der Waals surface area contributed by atoms with Gasteiger partial charge in [-0.1, -0.05) is 6.58 Å². The Kier molecular flexibility index (Phi) is 1.99. The van der Waals surface area contributed by atoms with E-state index in [0.717, 1.165) is 0 Å². The molecule has 0 aromatic heterocycles. The second-order valence-electron chi connectivity index (χ2n) is 1.82. The van der Waals surface area contributed by atoms with Crippen LogP contribution in [0.5, 0.6) is 0 Å². The van der Waals surface area contributed by atoms with E-state index in [1.54, 1.807) is 24.5 Å². The van der Waals surface area contributed by atoms with E-state index in [2.05, 4.69) is 16.6 Å². The summed E-state index contributed by atoms with van der Waals surface area (Å²) in [5.74, 6) is 0.688. The van der Waals surface area contributed by atoms with Gasteiger partial charge in [-0.2, -0.15) is 0 Å². The standard InChI is InChI=1S/C7H9N3/c1-7-9-4-3-5-10(7)6-8-2/h3-6H,1H2,2H3/b8-6-. The number of nitrogens with zero attached hydrogens (tertiary/aromatic N) is 3. The predicted molar refractivity (Wildman–Crippen MR) is 43.0 cm³/mol. The van der Waals surface area contributed by atoms with Gasteiger partial charge < -0.3 is 0 Å². The summed E-state index contributed by atoms with van der Waals surface area (Å²) in [6.07, 6.45) is 7.04. The number of hydrogen-bond donors (Lipinski definition) is 0. The van der Waals surface area contributed by atoms with Crippen LogP contribution in [0, 0.1) is 0 Å². The van der Waals surface area contributed by atoms with Crippen molar-refractivity contribution >= 4 is 12.6 Å². The Labute approximate surface area is 60.1 Å². The van der Waals surface area contributed by atoms with Crippen molar-refractivity contribution in [3.8, 4) is 0 Å². The van der Waals surface area contributed by atoms with Gasteiger partial charge in [-0.15, -0.1) is 0 Å². The maximum atomic E-state index is 3.96. The van der Waals surface area contributed by atoms with E-state index in [0.29, 0.717) is 5.82 Å². The quantitative estimate of drug-likeness (QED) is 0.389. The van der Waals surface area contributed by atoms with Gasteiger partial charge in [-0.05, 0) is 6.08 Å². The molecular weight excluding hydrogens is 126 g/mol. The van der Waals surface area contributed by atoms with E-state index in [1.807, 2.05) is 12.3 Å². The summed E-state index contributed by atoms with van der Waals surface area (Å²) in [6, 6.07) is 0. The molecule has 3 nitrogen and oxygen atoms in total. The van der Waals surface area contributed by atoms with Gasteiger partial charge in [-0.3, -0.25) is 9.89 Å². The summed E-state index contributed by atoms with van der Waals surface area (Å²) < 4.78 is 0. The number of hydrogen-bond acceptors (Lipinski definition) is 2. The average Bonchev–Trinajstić information content (AvgIpc) is 1.94. The molecule has 0 unspecified atom stereocenters. The van der Waals surface area contributed by atoms with Crippen LogP contribution in [-0.2, 0) is 0 Å². The molecule has 3 heteroatoms. The van der Waals surface area contributed by atoms with E-state index in [-0.39, 0.29) is 0 Å². The Morgan fingerprint density at radius 3 is 3.20 bits per heavy atom. The largest absolute Gasteiger partial charge is 0.293 e. The summed E-state index contributed by atoms with van der Waals surface area (Å²) in [5.41, 5.74) is 0. The molecule has 0 amide bonds. The van der Waals surface area contributed by atoms with E-state index >= 15 is 0 Å². The second-order valence-corrected chi connectivity index (χ2v) is 1.82. The summed E-state index contributed by atoms with van der Waals surface area (Å²) in [5, 5.41) is 0. The third-order valence-electron chi connectivity index (χ3n) is 1.09. The highest BCUT2D eigenvalue weighted by Crippen LogP contribution is 2.03. The minimum absolute atomic E-state index is 0.688. The Balaban J connectivity index is 2.70. The van der Waals surface area contributed by atoms with Crippen LogP contribution in [-0.4, -0.2) is 24.5 Å². The third kappa shape index (κ3) is 1.31. The lowest BCUT2D eigenvalue weighted by Crippen LogP contribution is -2.14. The normalized spacial score (nSPS) is 17.3. The SMILES string of the molecule is C=C1N=CC=CN1/C=N\C. The van der Waals surface area contributed by atoms with Crippen molar-refractivity contribution in [1.82, 2.24) is 4.90 Å². The van der Waals surface area contributed by atoms with Gasteiger partial charge in [0, 0.05) is 19.5 Å². The first kappa shape index (κ1) is 6.74. The van der Waals surface area contributed by atoms with Gasteiger partial charge in [0.1, 0.15) is 5.82 Å². The molecule has 0 saturated carbocycles. The molecule has 1 heterocycles. The number of aliphatic imine (C=N–C) groups is 2. The van der Waals surface area contributed by atoms with E-state index < -0.39 is 0 Å². The number of allylic oxidation sites excluding steroid dienone is 1. The molecule has 0 bridgehead atoms. The van der Waals surface area contributed by atoms with Crippen molar-refractivity contribution < 1.29 is 0 Å². The molecular formula is C7H9N3. The van der Waals surface area contributed by atoms with Crippen LogP contribution in [0.1, 0.15) is 0 Å². The summed E-state index contributed by atoms with van der Waals surface area (Å²) in [7, 11) is 1.71. The Hall–Kier alpha value is -1.38. The van der Waals surface area contributed by atoms with Crippen molar-refractivity contribution in [2.75, 3.05) is 7.05 Å². The van der Waals surface area contributed by atoms with Crippen molar-refractivity contribution in [3.05, 3.63) is 24.7 Å². The molecule has 1 aliphatic heterocycles. The molecule has 10 heavy (non-hydrogen) atoms. The predicted octanol–water partition coefficient (Wildman–Crippen LogP) is 1.02. The molecule has 0 atom stereocenters. The maximum absolute atomic E-state index is 3.96. The summed E-state index contributed by atoms with van der Waals surface area (Å²) >= 11 is 0. The first-order valence-corrected chi connectivity index (χ1v) is 2.95. The van der Waals surface area contributed by atoms with Gasteiger partial charge in [-0.25, -0.2) is 4.99 Å². The molecule has 0 spiro atoms. The highest BCUT2D eigenvalue weighted by atomic mass is 15.2. The van der Waals surface area contributed by atoms with Crippen molar-refractivity contribution in [1.29, 1.82) is 0 Å². The maximum Gasteiger partial charge on any atom is 0.130 e. The molecule has 1 aliphatic rings. The van der Waals surface area contributed by atoms with Gasteiger partial charge in [0.25, 0.3) is 0 Å². The Bertz CT molecular complexity index is 213. The highest BCUT2D eigenvalue weighted by molar-refractivity contribution is 5.76. The van der Waals surface area contributed by atoms with Crippen LogP contribution in [0.2, 0.25) is 0 Å². The lowest BCUT2D eigenvalue weighted by Gasteiger charge is -2.14. The fourth-order valence-electron chi connectivity index (χ4n) is 0.643. The van der Waals surface area contributed by atoms with Crippen LogP contribution in [0.4, 0.5) is 0 Å². The molecule has 0 fully saturated rings. The van der Waals surface area contributed by atoms with Gasteiger partial charge in [0.2, 0.25) is 0 Å². The summed E-state index contributed by atoms with van der Waals surface area (Å²) in [6.45, 7) is 3.70. The average molecular weight is 135 g/mol. The van der Waals surface area contributed by atoms with Crippen molar-refractivity contribution in [3.63, 3.8) is 0 Å². The van der Waals surface area contributed by atoms with Crippen LogP contribution in [0.15, 0.2) is 34.7 Å². The molecule has 0 saturated heterocycles. The fourth-order valence-corrected chi connectivity index (χ4v) is 0.643. The van der Waals surface area contributed by atoms with Gasteiger partial charge >= 0.3 is 0 Å². The lowest BCUT2D eigenvalue weighted by molar-refractivity contribution is 0.697. The molecule has 1 rings (SSSR count). The first-order valence-electron chi connectivity index (χ1n) is 2.95. The number of rotatable bonds is 1. The van der Waals surface area contributed by atoms with Gasteiger partial charge in [0.15, 0.2) is 0 Å². The van der Waals surface area contributed by atoms with Crippen molar-refractivity contribution in [2.24, 2.45) is 9.98 Å². The monoisotopic (exact) mass is 135 g/mol. The zero-order chi connectivity index (χ0) is 7.40. The minimum atomic E-state index is 0.688. The molecule has 52 valence electrons. The van der Waals surface area contributed by atoms with E-state index in [9.17, 15) is 0 Å². The van der Waals surface area contributed by atoms with Crippen LogP contribution in [0.25, 0.3) is 0 Å². The lowest BCUT2D eigenvalue weighted by atomic mass is 10.5. The third-order valence-corrected chi connectivity index (χ3v) is 1.09. The molecule has 0 N–H and O–H groups in total. The first-order chi connectivity index (χ1) is 4.84. The molecule has 0 aromatic rings. The van der Waals surface area contributed by atoms with Gasteiger partial charge in [0.05, 0.1) is 6.34 Å². The topological polar surface area (TPSA) is 28.0 Å². The van der Waals surface area contributed by atoms with Crippen LogP contribution in [0.3, 0.4) is 0 Å². The van der Waals surface area contributed by atoms with Crippen LogP contribution >= 0.6 is 0 Å². The fraction of sp³-hybridized carbons (Fsp3) is 0.143. The highest BCUT2D eigenvalue weighted by Gasteiger charge is 1.99. The zero-order valence-electron chi connectivity index (χ0n) is 5.86. The van der Waals surface area contributed by atoms with Crippen molar-refractivity contribution in [2.45, 2.75) is 0 Å². The Morgan fingerprint density at radius 2 is 2.60 bits per heavy atom. The van der Waals surface area contributed by atoms with E-state index in [4.69, 9.17) is 0 Å². The molecule has 0 aliphatic carbocycles. The molecule has 0 radical (unpaired) electrons. The minimum Gasteiger partial charge on any atom is -0.293 e. The van der Waals surface area contributed by atoms with E-state index in [1.165, 1.54) is 0 Å².